The number of aryl methyl sites for hydroxylation is 1. The summed E-state index contributed by atoms with van der Waals surface area (Å²) in [5.74, 6) is 1.46. The van der Waals surface area contributed by atoms with Crippen LogP contribution in [0.15, 0.2) is 252 Å². The van der Waals surface area contributed by atoms with Gasteiger partial charge in [0, 0.05) is 44.2 Å². The third-order valence-corrected chi connectivity index (χ3v) is 14.6. The highest BCUT2D eigenvalue weighted by Gasteiger charge is 2.26. The molecular formula is C69H57N5. The van der Waals surface area contributed by atoms with Gasteiger partial charge in [0.25, 0.3) is 0 Å². The van der Waals surface area contributed by atoms with Gasteiger partial charge < -0.3 is 14.5 Å². The molecule has 1 aliphatic heterocycles. The number of aromatic nitrogens is 2. The zero-order valence-corrected chi connectivity index (χ0v) is 42.1. The lowest BCUT2D eigenvalue weighted by atomic mass is 9.92. The number of nitrogens with one attached hydrogen (secondary N) is 1. The zero-order chi connectivity index (χ0) is 50.0. The fourth-order valence-corrected chi connectivity index (χ4v) is 11.1. The van der Waals surface area contributed by atoms with Gasteiger partial charge in [-0.2, -0.15) is 0 Å². The predicted molar refractivity (Wildman–Crippen MR) is 314 cm³/mol. The van der Waals surface area contributed by atoms with Crippen LogP contribution in [0.2, 0.25) is 0 Å². The van der Waals surface area contributed by atoms with E-state index < -0.39 is 0 Å². The highest BCUT2D eigenvalue weighted by atomic mass is 15.2. The number of fused-ring (bicyclic) bond motifs is 6. The van der Waals surface area contributed by atoms with Gasteiger partial charge in [0.1, 0.15) is 12.0 Å². The molecule has 0 saturated heterocycles. The molecule has 74 heavy (non-hydrogen) atoms. The molecule has 0 bridgehead atoms. The second-order valence-corrected chi connectivity index (χ2v) is 19.0. The maximum atomic E-state index is 5.39. The van der Waals surface area contributed by atoms with Gasteiger partial charge in [-0.05, 0) is 127 Å². The van der Waals surface area contributed by atoms with Gasteiger partial charge in [-0.15, -0.1) is 0 Å². The predicted octanol–water partition coefficient (Wildman–Crippen LogP) is 17.2. The SMILES string of the molecule is C/C=C\C(=C/C)C1=NC(c2ccccc2)NC(c2cc(C/C=C\C(=C/C)c3ccccc3)c(-n3c4ccccc4c4ccc(-n5c6c(c7ccccc75)CCC=C6)cc43)c(-c3ccc(-c4ccccc4)cc3)c2)=N1. The minimum Gasteiger partial charge on any atom is -0.344 e. The minimum atomic E-state index is -0.347. The van der Waals surface area contributed by atoms with Crippen molar-refractivity contribution in [1.82, 2.24) is 14.5 Å². The van der Waals surface area contributed by atoms with Gasteiger partial charge in [0.15, 0.2) is 5.84 Å². The van der Waals surface area contributed by atoms with E-state index in [9.17, 15) is 0 Å². The number of aliphatic imine (C=N–C) groups is 2. The smallest absolute Gasteiger partial charge is 0.159 e. The first-order valence-electron chi connectivity index (χ1n) is 25.9. The molecule has 8 aromatic carbocycles. The molecule has 5 heteroatoms. The van der Waals surface area contributed by atoms with E-state index in [-0.39, 0.29) is 6.17 Å². The number of para-hydroxylation sites is 2. The Morgan fingerprint density at radius 1 is 0.581 bits per heavy atom. The lowest BCUT2D eigenvalue weighted by Crippen LogP contribution is -2.33. The Morgan fingerprint density at radius 3 is 1.97 bits per heavy atom. The van der Waals surface area contributed by atoms with Crippen LogP contribution in [0.5, 0.6) is 0 Å². The molecule has 2 aromatic heterocycles. The molecule has 1 aliphatic carbocycles. The van der Waals surface area contributed by atoms with Crippen LogP contribution in [0, 0.1) is 0 Å². The van der Waals surface area contributed by atoms with E-state index >= 15 is 0 Å². The molecule has 0 saturated carbocycles. The number of amidine groups is 2. The third-order valence-electron chi connectivity index (χ3n) is 14.6. The normalized spacial score (nSPS) is 15.0. The first-order valence-corrected chi connectivity index (χ1v) is 25.9. The molecule has 1 unspecified atom stereocenters. The average molecular weight is 956 g/mol. The zero-order valence-electron chi connectivity index (χ0n) is 42.1. The van der Waals surface area contributed by atoms with E-state index in [1.807, 2.05) is 6.92 Å². The molecule has 0 spiro atoms. The van der Waals surface area contributed by atoms with Crippen LogP contribution in [0.4, 0.5) is 0 Å². The lowest BCUT2D eigenvalue weighted by Gasteiger charge is -2.26. The Balaban J connectivity index is 1.14. The van der Waals surface area contributed by atoms with Crippen LogP contribution in [-0.2, 0) is 12.8 Å². The van der Waals surface area contributed by atoms with E-state index in [0.29, 0.717) is 12.3 Å². The van der Waals surface area contributed by atoms with Crippen molar-refractivity contribution in [1.29, 1.82) is 0 Å². The second-order valence-electron chi connectivity index (χ2n) is 19.0. The quantitative estimate of drug-likeness (QED) is 0.122. The van der Waals surface area contributed by atoms with Crippen molar-refractivity contribution in [2.75, 3.05) is 0 Å². The Morgan fingerprint density at radius 2 is 1.23 bits per heavy atom. The maximum absolute atomic E-state index is 5.39. The van der Waals surface area contributed by atoms with Gasteiger partial charge >= 0.3 is 0 Å². The van der Waals surface area contributed by atoms with Gasteiger partial charge in [-0.1, -0.05) is 200 Å². The molecule has 12 rings (SSSR count). The van der Waals surface area contributed by atoms with Crippen molar-refractivity contribution in [3.63, 3.8) is 0 Å². The highest BCUT2D eigenvalue weighted by Crippen LogP contribution is 2.42. The van der Waals surface area contributed by atoms with Crippen LogP contribution in [-0.4, -0.2) is 20.8 Å². The van der Waals surface area contributed by atoms with Crippen molar-refractivity contribution in [3.05, 3.63) is 276 Å². The van der Waals surface area contributed by atoms with Crippen LogP contribution in [0.3, 0.4) is 0 Å². The molecule has 358 valence electrons. The molecule has 3 heterocycles. The second kappa shape index (κ2) is 20.2. The number of hydrogen-bond acceptors (Lipinski definition) is 3. The first kappa shape index (κ1) is 46.0. The van der Waals surface area contributed by atoms with Gasteiger partial charge in [0.2, 0.25) is 0 Å². The van der Waals surface area contributed by atoms with E-state index in [0.717, 1.165) is 74.5 Å². The summed E-state index contributed by atoms with van der Waals surface area (Å²) < 4.78 is 5.02. The number of hydrogen-bond donors (Lipinski definition) is 1. The van der Waals surface area contributed by atoms with Crippen molar-refractivity contribution in [2.45, 2.75) is 46.2 Å². The summed E-state index contributed by atoms with van der Waals surface area (Å²) >= 11 is 0. The third kappa shape index (κ3) is 8.56. The average Bonchev–Trinajstić information content (AvgIpc) is 3.98. The van der Waals surface area contributed by atoms with Crippen molar-refractivity contribution < 1.29 is 0 Å². The number of rotatable bonds is 12. The molecular weight excluding hydrogens is 899 g/mol. The van der Waals surface area contributed by atoms with Crippen molar-refractivity contribution >= 4 is 56.0 Å². The highest BCUT2D eigenvalue weighted by molar-refractivity contribution is 6.15. The van der Waals surface area contributed by atoms with Gasteiger partial charge in [0.05, 0.1) is 22.2 Å². The molecule has 0 fully saturated rings. The Hall–Kier alpha value is -9.06. The van der Waals surface area contributed by atoms with E-state index in [4.69, 9.17) is 9.98 Å². The lowest BCUT2D eigenvalue weighted by molar-refractivity contribution is 0.674. The molecule has 0 amide bonds. The molecule has 0 radical (unpaired) electrons. The number of nitrogens with zero attached hydrogens (tertiary/aromatic N) is 4. The summed E-state index contributed by atoms with van der Waals surface area (Å²) in [5.41, 5.74) is 19.6. The summed E-state index contributed by atoms with van der Waals surface area (Å²) in [5, 5.41) is 7.56. The standard InChI is InChI=1S/C69H57N5/c1-4-23-48(6-3)67-70-68(53-28-14-9-15-29-53)72-69(71-67)55-44-54(31-22-30-47(5-2)49-24-10-7-11-25-49)66(61(45-55)52-40-38-51(39-41-52)50-26-12-8-13-27-50)74-64-37-21-18-34-59(64)60-43-42-56(46-65(60)74)73-62-35-19-16-32-57(62)58-33-17-20-36-63(58)73/h4-16,18-30,32,34-46,68H,17,31,33H2,1-3H3,(H,70,71,72)/b23-4-,30-22-,47-5+,48-6+. The van der Waals surface area contributed by atoms with E-state index in [2.05, 4.69) is 271 Å². The summed E-state index contributed by atoms with van der Waals surface area (Å²) in [6.07, 6.45) is 20.1. The summed E-state index contributed by atoms with van der Waals surface area (Å²) in [4.78, 5) is 10.6. The molecule has 1 atom stereocenters. The summed E-state index contributed by atoms with van der Waals surface area (Å²) in [7, 11) is 0. The minimum absolute atomic E-state index is 0.347. The Bertz CT molecular complexity index is 3950. The summed E-state index contributed by atoms with van der Waals surface area (Å²) in [6, 6.07) is 70.5. The van der Waals surface area contributed by atoms with Crippen LogP contribution in [0.1, 0.15) is 66.9 Å². The number of allylic oxidation sites excluding steroid dienone is 7. The van der Waals surface area contributed by atoms with E-state index in [1.54, 1.807) is 0 Å². The Labute approximate surface area is 433 Å². The van der Waals surface area contributed by atoms with Crippen molar-refractivity contribution in [3.8, 4) is 33.6 Å². The van der Waals surface area contributed by atoms with Crippen LogP contribution >= 0.6 is 0 Å². The molecule has 1 N–H and O–H groups in total. The molecule has 5 nitrogen and oxygen atoms in total. The van der Waals surface area contributed by atoms with E-state index in [1.165, 1.54) is 55.2 Å². The largest absolute Gasteiger partial charge is 0.344 e. The van der Waals surface area contributed by atoms with Crippen LogP contribution in [0.25, 0.3) is 78.0 Å². The monoisotopic (exact) mass is 955 g/mol. The van der Waals surface area contributed by atoms with Gasteiger partial charge in [-0.25, -0.2) is 9.98 Å². The van der Waals surface area contributed by atoms with Crippen LogP contribution < -0.4 is 5.32 Å². The Kier molecular flexibility index (Phi) is 12.6. The fraction of sp³-hybridized carbons (Fsp3) is 0.101. The van der Waals surface area contributed by atoms with Crippen molar-refractivity contribution in [2.24, 2.45) is 9.98 Å². The molecule has 2 aliphatic rings. The fourth-order valence-electron chi connectivity index (χ4n) is 11.1. The summed E-state index contributed by atoms with van der Waals surface area (Å²) in [6.45, 7) is 6.21. The topological polar surface area (TPSA) is 46.6 Å². The molecule has 10 aromatic rings. The van der Waals surface area contributed by atoms with Gasteiger partial charge in [-0.3, -0.25) is 0 Å². The first-order chi connectivity index (χ1) is 36.6. The maximum Gasteiger partial charge on any atom is 0.159 e. The number of benzene rings is 8.